The molecule has 1 aliphatic carbocycles. The van der Waals surface area contributed by atoms with Crippen LogP contribution in [0.4, 0.5) is 0 Å². The van der Waals surface area contributed by atoms with Crippen LogP contribution in [0.2, 0.25) is 5.02 Å². The van der Waals surface area contributed by atoms with Crippen molar-refractivity contribution in [1.29, 1.82) is 0 Å². The molecule has 1 aromatic heterocycles. The monoisotopic (exact) mass is 576 g/mol. The number of hydrogen-bond acceptors (Lipinski definition) is 5. The lowest BCUT2D eigenvalue weighted by Crippen LogP contribution is -2.38. The highest BCUT2D eigenvalue weighted by Crippen LogP contribution is 2.41. The zero-order valence-corrected chi connectivity index (χ0v) is 22.0. The highest BCUT2D eigenvalue weighted by Gasteiger charge is 2.32. The minimum Gasteiger partial charge on any atom is -0.454 e. The van der Waals surface area contributed by atoms with Crippen LogP contribution in [0.5, 0.6) is 11.5 Å². The molecule has 1 atom stereocenters. The quantitative estimate of drug-likeness (QED) is 0.318. The smallest absolute Gasteiger partial charge is 0.271 e. The van der Waals surface area contributed by atoms with E-state index in [1.165, 1.54) is 22.5 Å². The Morgan fingerprint density at radius 3 is 2.67 bits per heavy atom. The molecule has 0 amide bonds. The maximum atomic E-state index is 13.9. The molecule has 2 aliphatic heterocycles. The molecule has 0 radical (unpaired) electrons. The molecule has 36 heavy (non-hydrogen) atoms. The molecule has 0 unspecified atom stereocenters. The van der Waals surface area contributed by atoms with E-state index in [0.717, 1.165) is 39.7 Å². The molecule has 3 aliphatic rings. The Morgan fingerprint density at radius 2 is 1.83 bits per heavy atom. The van der Waals surface area contributed by atoms with Crippen LogP contribution in [0, 0.1) is 0 Å². The summed E-state index contributed by atoms with van der Waals surface area (Å²) in [5.41, 5.74) is 6.40. The first-order valence-corrected chi connectivity index (χ1v) is 13.5. The molecular weight excluding hydrogens is 560 g/mol. The Balaban J connectivity index is 1.47. The summed E-state index contributed by atoms with van der Waals surface area (Å²) in [5.74, 6) is 1.36. The third kappa shape index (κ3) is 3.49. The number of fused-ring (bicyclic) bond motifs is 4. The zero-order chi connectivity index (χ0) is 24.4. The highest BCUT2D eigenvalue weighted by molar-refractivity contribution is 9.10. The topological polar surface area (TPSA) is 52.8 Å². The van der Waals surface area contributed by atoms with Crippen molar-refractivity contribution in [3.63, 3.8) is 0 Å². The summed E-state index contributed by atoms with van der Waals surface area (Å²) in [4.78, 5) is 19.7. The number of thiazole rings is 1. The van der Waals surface area contributed by atoms with Crippen LogP contribution in [0.15, 0.2) is 80.5 Å². The van der Waals surface area contributed by atoms with Gasteiger partial charge in [-0.05, 0) is 65.4 Å². The van der Waals surface area contributed by atoms with E-state index in [4.69, 9.17) is 26.1 Å². The molecular formula is C28H18BrClN2O3S. The number of nitrogens with zero attached hydrogens (tertiary/aromatic N) is 2. The number of hydrogen-bond donors (Lipinski definition) is 0. The minimum atomic E-state index is -0.232. The summed E-state index contributed by atoms with van der Waals surface area (Å²) < 4.78 is 14.3. The fraction of sp³-hybridized carbons (Fsp3) is 0.143. The lowest BCUT2D eigenvalue weighted by Gasteiger charge is -2.30. The second kappa shape index (κ2) is 8.47. The number of benzene rings is 3. The van der Waals surface area contributed by atoms with E-state index >= 15 is 0 Å². The molecule has 7 rings (SSSR count). The van der Waals surface area contributed by atoms with E-state index in [1.54, 1.807) is 0 Å². The Hall–Kier alpha value is -3.13. The number of aromatic nitrogens is 1. The first-order valence-electron chi connectivity index (χ1n) is 11.5. The van der Waals surface area contributed by atoms with Gasteiger partial charge < -0.3 is 9.47 Å². The van der Waals surface area contributed by atoms with Crippen molar-refractivity contribution in [3.8, 4) is 11.5 Å². The van der Waals surface area contributed by atoms with E-state index in [-0.39, 0.29) is 18.4 Å². The van der Waals surface area contributed by atoms with Crippen LogP contribution in [-0.2, 0) is 6.42 Å². The summed E-state index contributed by atoms with van der Waals surface area (Å²) in [7, 11) is 0. The van der Waals surface area contributed by atoms with E-state index < -0.39 is 0 Å². The van der Waals surface area contributed by atoms with Crippen molar-refractivity contribution in [3.05, 3.63) is 118 Å². The SMILES string of the molecule is O=c1/c(=C\c2cc3c(cc2Br)OCO3)sc2n1[C@@H](c1ccc(Cl)cc1)C1=C(N=2)c2ccccc2CC1. The largest absolute Gasteiger partial charge is 0.454 e. The van der Waals surface area contributed by atoms with Gasteiger partial charge in [0.1, 0.15) is 0 Å². The van der Waals surface area contributed by atoms with Crippen LogP contribution in [0.25, 0.3) is 11.8 Å². The molecule has 8 heteroatoms. The Bertz CT molecular complexity index is 1770. The summed E-state index contributed by atoms with van der Waals surface area (Å²) in [5, 5.41) is 0.669. The fourth-order valence-corrected chi connectivity index (χ4v) is 6.71. The first-order chi connectivity index (χ1) is 17.6. The Labute approximate surface area is 223 Å². The normalized spacial score (nSPS) is 17.9. The van der Waals surface area contributed by atoms with E-state index in [9.17, 15) is 4.79 Å². The molecule has 5 nitrogen and oxygen atoms in total. The molecule has 0 fully saturated rings. The summed E-state index contributed by atoms with van der Waals surface area (Å²) in [6.07, 6.45) is 3.66. The van der Waals surface area contributed by atoms with Gasteiger partial charge in [-0.3, -0.25) is 9.36 Å². The number of rotatable bonds is 2. The second-order valence-electron chi connectivity index (χ2n) is 8.89. The van der Waals surface area contributed by atoms with Gasteiger partial charge >= 0.3 is 0 Å². The van der Waals surface area contributed by atoms with Gasteiger partial charge in [0, 0.05) is 15.1 Å². The molecule has 3 heterocycles. The summed E-state index contributed by atoms with van der Waals surface area (Å²) in [6, 6.07) is 19.7. The molecule has 0 N–H and O–H groups in total. The van der Waals surface area contributed by atoms with Crippen molar-refractivity contribution in [2.45, 2.75) is 18.9 Å². The highest BCUT2D eigenvalue weighted by atomic mass is 79.9. The van der Waals surface area contributed by atoms with Crippen LogP contribution in [-0.4, -0.2) is 11.4 Å². The van der Waals surface area contributed by atoms with Crippen molar-refractivity contribution >= 4 is 50.6 Å². The van der Waals surface area contributed by atoms with Crippen LogP contribution in [0.1, 0.15) is 34.7 Å². The average Bonchev–Trinajstić information content (AvgIpc) is 3.47. The molecule has 0 saturated heterocycles. The Morgan fingerprint density at radius 1 is 1.06 bits per heavy atom. The lowest BCUT2D eigenvalue weighted by molar-refractivity contribution is 0.174. The standard InChI is InChI=1S/C28H18BrClN2O3S/c29-21-13-23-22(34-14-35-23)11-17(21)12-24-27(33)32-26(16-5-8-18(30)9-6-16)20-10-7-15-3-1-2-4-19(15)25(20)31-28(32)36-24/h1-6,8-9,11-13,26H,7,10,14H2/b24-12+/t26-/m0/s1. The predicted molar refractivity (Wildman–Crippen MR) is 144 cm³/mol. The number of ether oxygens (including phenoxy) is 2. The molecule has 3 aromatic carbocycles. The maximum Gasteiger partial charge on any atom is 0.271 e. The minimum absolute atomic E-state index is 0.0614. The summed E-state index contributed by atoms with van der Waals surface area (Å²) >= 11 is 11.2. The van der Waals surface area contributed by atoms with E-state index in [0.29, 0.717) is 25.9 Å². The maximum absolute atomic E-state index is 13.9. The molecule has 4 aromatic rings. The zero-order valence-electron chi connectivity index (χ0n) is 18.8. The van der Waals surface area contributed by atoms with Crippen molar-refractivity contribution in [2.24, 2.45) is 4.99 Å². The number of halogens is 2. The molecule has 178 valence electrons. The number of aryl methyl sites for hydroxylation is 1. The van der Waals surface area contributed by atoms with Gasteiger partial charge in [0.2, 0.25) is 6.79 Å². The van der Waals surface area contributed by atoms with Gasteiger partial charge in [-0.25, -0.2) is 4.99 Å². The van der Waals surface area contributed by atoms with Gasteiger partial charge in [0.25, 0.3) is 5.56 Å². The lowest BCUT2D eigenvalue weighted by atomic mass is 9.83. The second-order valence-corrected chi connectivity index (χ2v) is 11.2. The first kappa shape index (κ1) is 22.1. The van der Waals surface area contributed by atoms with Gasteiger partial charge in [-0.15, -0.1) is 0 Å². The van der Waals surface area contributed by atoms with Crippen LogP contribution < -0.4 is 24.4 Å². The molecule has 0 saturated carbocycles. The van der Waals surface area contributed by atoms with Crippen molar-refractivity contribution in [1.82, 2.24) is 4.57 Å². The van der Waals surface area contributed by atoms with Gasteiger partial charge in [-0.2, -0.15) is 0 Å². The molecule has 0 spiro atoms. The third-order valence-electron chi connectivity index (χ3n) is 6.84. The average molecular weight is 578 g/mol. The summed E-state index contributed by atoms with van der Waals surface area (Å²) in [6.45, 7) is 0.196. The van der Waals surface area contributed by atoms with Crippen molar-refractivity contribution < 1.29 is 9.47 Å². The van der Waals surface area contributed by atoms with E-state index in [1.807, 2.05) is 53.1 Å². The van der Waals surface area contributed by atoms with Gasteiger partial charge in [-0.1, -0.05) is 75.3 Å². The van der Waals surface area contributed by atoms with E-state index in [2.05, 4.69) is 34.1 Å². The molecule has 0 bridgehead atoms. The fourth-order valence-electron chi connectivity index (χ4n) is 5.15. The van der Waals surface area contributed by atoms with Crippen LogP contribution >= 0.6 is 38.9 Å². The number of allylic oxidation sites excluding steroid dienone is 1. The van der Waals surface area contributed by atoms with Crippen LogP contribution in [0.3, 0.4) is 0 Å². The van der Waals surface area contributed by atoms with Crippen molar-refractivity contribution in [2.75, 3.05) is 6.79 Å². The Kier molecular flexibility index (Phi) is 5.20. The van der Waals surface area contributed by atoms with Gasteiger partial charge in [0.05, 0.1) is 16.3 Å². The third-order valence-corrected chi connectivity index (χ3v) is 8.76. The van der Waals surface area contributed by atoms with Gasteiger partial charge in [0.15, 0.2) is 16.3 Å². The predicted octanol–water partition coefficient (Wildman–Crippen LogP) is 5.46.